The second kappa shape index (κ2) is 6.52. The van der Waals surface area contributed by atoms with Crippen LogP contribution in [0.15, 0.2) is 54.6 Å². The van der Waals surface area contributed by atoms with E-state index in [1.807, 2.05) is 30.3 Å². The van der Waals surface area contributed by atoms with Crippen LogP contribution in [0.3, 0.4) is 0 Å². The molecule has 2 aromatic rings. The lowest BCUT2D eigenvalue weighted by Gasteiger charge is -2.07. The minimum atomic E-state index is -0.272. The molecule has 4 heteroatoms. The lowest BCUT2D eigenvalue weighted by molar-refractivity contribution is -0.116. The van der Waals surface area contributed by atoms with Crippen molar-refractivity contribution in [2.75, 3.05) is 6.54 Å². The van der Waals surface area contributed by atoms with Crippen LogP contribution in [0.1, 0.15) is 17.3 Å². The number of nitrogens with one attached hydrogen (secondary N) is 1. The number of Topliss-reactive ketones (excluding diaryl/α,β-unsaturated/α-hetero) is 1. The summed E-state index contributed by atoms with van der Waals surface area (Å²) >= 11 is 0. The summed E-state index contributed by atoms with van der Waals surface area (Å²) in [6.45, 7) is 1.47. The van der Waals surface area contributed by atoms with E-state index in [9.17, 15) is 9.59 Å². The predicted molar refractivity (Wildman–Crippen MR) is 76.0 cm³/mol. The molecule has 0 spiro atoms. The molecular weight excluding hydrogens is 254 g/mol. The van der Waals surface area contributed by atoms with Crippen LogP contribution in [0.5, 0.6) is 11.5 Å². The van der Waals surface area contributed by atoms with Crippen LogP contribution in [0, 0.1) is 0 Å². The molecule has 0 heterocycles. The summed E-state index contributed by atoms with van der Waals surface area (Å²) < 4.78 is 5.63. The minimum absolute atomic E-state index is 0.0428. The molecule has 0 aromatic heterocycles. The van der Waals surface area contributed by atoms with Gasteiger partial charge in [0.15, 0.2) is 0 Å². The molecule has 0 fully saturated rings. The van der Waals surface area contributed by atoms with Gasteiger partial charge in [0.05, 0.1) is 6.54 Å². The molecule has 20 heavy (non-hydrogen) atoms. The Labute approximate surface area is 117 Å². The van der Waals surface area contributed by atoms with Crippen LogP contribution in [0.25, 0.3) is 0 Å². The summed E-state index contributed by atoms with van der Waals surface area (Å²) in [5.41, 5.74) is 0.492. The number of ketones is 1. The van der Waals surface area contributed by atoms with Gasteiger partial charge in [-0.25, -0.2) is 0 Å². The molecule has 0 atom stereocenters. The highest BCUT2D eigenvalue weighted by Gasteiger charge is 2.06. The van der Waals surface area contributed by atoms with Crippen molar-refractivity contribution in [1.82, 2.24) is 5.32 Å². The lowest BCUT2D eigenvalue weighted by atomic mass is 10.2. The molecule has 0 aliphatic rings. The Kier molecular flexibility index (Phi) is 4.50. The molecular formula is C16H15NO3. The van der Waals surface area contributed by atoms with Crippen molar-refractivity contribution in [3.05, 3.63) is 60.2 Å². The first-order valence-electron chi connectivity index (χ1n) is 6.26. The fraction of sp³-hybridized carbons (Fsp3) is 0.125. The van der Waals surface area contributed by atoms with Crippen molar-refractivity contribution < 1.29 is 14.3 Å². The molecule has 102 valence electrons. The maximum absolute atomic E-state index is 11.7. The molecule has 0 unspecified atom stereocenters. The zero-order valence-corrected chi connectivity index (χ0v) is 11.1. The number of amides is 1. The summed E-state index contributed by atoms with van der Waals surface area (Å²) in [5.74, 6) is 1.04. The van der Waals surface area contributed by atoms with Gasteiger partial charge < -0.3 is 10.1 Å². The zero-order chi connectivity index (χ0) is 14.4. The third kappa shape index (κ3) is 3.95. The highest BCUT2D eigenvalue weighted by Crippen LogP contribution is 2.20. The van der Waals surface area contributed by atoms with E-state index in [1.54, 1.807) is 24.3 Å². The van der Waals surface area contributed by atoms with Gasteiger partial charge in [0.25, 0.3) is 5.91 Å². The van der Waals surface area contributed by atoms with Crippen molar-refractivity contribution in [3.8, 4) is 11.5 Å². The second-order valence-corrected chi connectivity index (χ2v) is 4.32. The number of para-hydroxylation sites is 1. The quantitative estimate of drug-likeness (QED) is 0.908. The molecule has 0 radical (unpaired) electrons. The van der Waals surface area contributed by atoms with Crippen LogP contribution < -0.4 is 10.1 Å². The molecule has 2 rings (SSSR count). The summed E-state index contributed by atoms with van der Waals surface area (Å²) in [4.78, 5) is 22.5. The van der Waals surface area contributed by atoms with Crippen LogP contribution in [0.2, 0.25) is 0 Å². The third-order valence-electron chi connectivity index (χ3n) is 2.59. The first kappa shape index (κ1) is 13.8. The van der Waals surface area contributed by atoms with Crippen LogP contribution in [-0.4, -0.2) is 18.2 Å². The van der Waals surface area contributed by atoms with Gasteiger partial charge in [-0.1, -0.05) is 18.2 Å². The number of ether oxygens (including phenoxy) is 1. The lowest BCUT2D eigenvalue weighted by Crippen LogP contribution is -2.28. The van der Waals surface area contributed by atoms with Crippen molar-refractivity contribution in [3.63, 3.8) is 0 Å². The van der Waals surface area contributed by atoms with Gasteiger partial charge in [-0.2, -0.15) is 0 Å². The third-order valence-corrected chi connectivity index (χ3v) is 2.59. The number of hydrogen-bond donors (Lipinski definition) is 1. The average molecular weight is 269 g/mol. The SMILES string of the molecule is CC(=O)CNC(=O)c1ccc(Oc2ccccc2)cc1. The van der Waals surface area contributed by atoms with Gasteiger partial charge in [-0.15, -0.1) is 0 Å². The Morgan fingerprint density at radius 1 is 0.950 bits per heavy atom. The fourth-order valence-corrected chi connectivity index (χ4v) is 1.61. The Bertz CT molecular complexity index is 591. The smallest absolute Gasteiger partial charge is 0.251 e. The topological polar surface area (TPSA) is 55.4 Å². The number of hydrogen-bond acceptors (Lipinski definition) is 3. The first-order valence-corrected chi connectivity index (χ1v) is 6.26. The molecule has 0 aliphatic heterocycles. The van der Waals surface area contributed by atoms with Gasteiger partial charge >= 0.3 is 0 Å². The van der Waals surface area contributed by atoms with Crippen molar-refractivity contribution in [2.24, 2.45) is 0 Å². The maximum atomic E-state index is 11.7. The summed E-state index contributed by atoms with van der Waals surface area (Å²) in [5, 5.41) is 2.54. The van der Waals surface area contributed by atoms with E-state index in [2.05, 4.69) is 5.32 Å². The predicted octanol–water partition coefficient (Wildman–Crippen LogP) is 2.80. The van der Waals surface area contributed by atoms with Crippen LogP contribution in [0.4, 0.5) is 0 Å². The van der Waals surface area contributed by atoms with Crippen molar-refractivity contribution >= 4 is 11.7 Å². The Hall–Kier alpha value is -2.62. The minimum Gasteiger partial charge on any atom is -0.457 e. The fourth-order valence-electron chi connectivity index (χ4n) is 1.61. The zero-order valence-electron chi connectivity index (χ0n) is 11.1. The Morgan fingerprint density at radius 3 is 2.15 bits per heavy atom. The number of rotatable bonds is 5. The van der Waals surface area contributed by atoms with Gasteiger partial charge in [0.1, 0.15) is 17.3 Å². The molecule has 2 aromatic carbocycles. The van der Waals surface area contributed by atoms with Crippen LogP contribution >= 0.6 is 0 Å². The van der Waals surface area contributed by atoms with Gasteiger partial charge in [0.2, 0.25) is 0 Å². The molecule has 0 aliphatic carbocycles. The van der Waals surface area contributed by atoms with E-state index in [1.165, 1.54) is 6.92 Å². The molecule has 4 nitrogen and oxygen atoms in total. The maximum Gasteiger partial charge on any atom is 0.251 e. The Morgan fingerprint density at radius 2 is 1.55 bits per heavy atom. The summed E-state index contributed by atoms with van der Waals surface area (Å²) in [7, 11) is 0. The monoisotopic (exact) mass is 269 g/mol. The molecule has 1 amide bonds. The van der Waals surface area contributed by atoms with E-state index < -0.39 is 0 Å². The molecule has 0 bridgehead atoms. The second-order valence-electron chi connectivity index (χ2n) is 4.32. The standard InChI is InChI=1S/C16H15NO3/c1-12(18)11-17-16(19)13-7-9-15(10-8-13)20-14-5-3-2-4-6-14/h2-10H,11H2,1H3,(H,17,19). The summed E-state index contributed by atoms with van der Waals surface area (Å²) in [6.07, 6.45) is 0. The molecule has 1 N–H and O–H groups in total. The highest BCUT2D eigenvalue weighted by molar-refractivity contribution is 5.96. The molecule has 0 saturated carbocycles. The van der Waals surface area contributed by atoms with E-state index in [4.69, 9.17) is 4.74 Å². The highest BCUT2D eigenvalue weighted by atomic mass is 16.5. The number of carbonyl (C=O) groups is 2. The Balaban J connectivity index is 1.99. The molecule has 0 saturated heterocycles. The van der Waals surface area contributed by atoms with E-state index in [-0.39, 0.29) is 18.2 Å². The van der Waals surface area contributed by atoms with Gasteiger partial charge in [0, 0.05) is 5.56 Å². The van der Waals surface area contributed by atoms with Crippen molar-refractivity contribution in [2.45, 2.75) is 6.92 Å². The van der Waals surface area contributed by atoms with Crippen molar-refractivity contribution in [1.29, 1.82) is 0 Å². The van der Waals surface area contributed by atoms with E-state index in [0.29, 0.717) is 11.3 Å². The largest absolute Gasteiger partial charge is 0.457 e. The van der Waals surface area contributed by atoms with Gasteiger partial charge in [-0.3, -0.25) is 9.59 Å². The van der Waals surface area contributed by atoms with E-state index >= 15 is 0 Å². The first-order chi connectivity index (χ1) is 9.65. The normalized spacial score (nSPS) is 9.85. The van der Waals surface area contributed by atoms with Gasteiger partial charge in [-0.05, 0) is 43.3 Å². The number of benzene rings is 2. The van der Waals surface area contributed by atoms with Crippen LogP contribution in [-0.2, 0) is 4.79 Å². The van der Waals surface area contributed by atoms with E-state index in [0.717, 1.165) is 5.75 Å². The summed E-state index contributed by atoms with van der Waals surface area (Å²) in [6, 6.07) is 16.2. The average Bonchev–Trinajstić information content (AvgIpc) is 2.46. The number of carbonyl (C=O) groups excluding carboxylic acids is 2.